The molecule has 0 unspecified atom stereocenters. The molecule has 0 rings (SSSR count). The molecule has 0 aromatic rings. The van der Waals surface area contributed by atoms with Crippen molar-refractivity contribution in [2.45, 2.75) is 48.0 Å². The molecule has 1 heteroatoms. The maximum absolute atomic E-state index is 4.21. The number of thiol groups is 1. The van der Waals surface area contributed by atoms with Crippen LogP contribution in [0.4, 0.5) is 0 Å². The Bertz CT molecular complexity index is 112. The van der Waals surface area contributed by atoms with Gasteiger partial charge in [0.1, 0.15) is 0 Å². The minimum Gasteiger partial charge on any atom is -0.148 e. The van der Waals surface area contributed by atoms with Crippen LogP contribution in [0.3, 0.4) is 0 Å². The third-order valence-corrected chi connectivity index (χ3v) is 1.77. The number of allylic oxidation sites excluding steroid dienone is 3. The summed E-state index contributed by atoms with van der Waals surface area (Å²) in [6.45, 7) is 15.7. The minimum atomic E-state index is 1.00. The number of hydrogen-bond acceptors (Lipinski definition) is 1. The molecule has 0 nitrogen and oxygen atoms in total. The van der Waals surface area contributed by atoms with Crippen molar-refractivity contribution in [1.82, 2.24) is 0 Å². The first kappa shape index (κ1) is 17.8. The van der Waals surface area contributed by atoms with Gasteiger partial charge in [-0.05, 0) is 23.8 Å². The van der Waals surface area contributed by atoms with Crippen LogP contribution >= 0.6 is 12.6 Å². The molecule has 0 fully saturated rings. The van der Waals surface area contributed by atoms with E-state index < -0.39 is 0 Å². The summed E-state index contributed by atoms with van der Waals surface area (Å²) in [6, 6.07) is 0. The fraction of sp³-hybridized carbons (Fsp3) is 0.636. The van der Waals surface area contributed by atoms with Crippen LogP contribution in [-0.4, -0.2) is 0 Å². The fourth-order valence-electron chi connectivity index (χ4n) is 0.397. The summed E-state index contributed by atoms with van der Waals surface area (Å²) in [7, 11) is 0. The van der Waals surface area contributed by atoms with E-state index in [1.54, 1.807) is 0 Å². The lowest BCUT2D eigenvalue weighted by atomic mass is 10.2. The average Bonchev–Trinajstić information content (AvgIpc) is 2.21. The lowest BCUT2D eigenvalue weighted by molar-refractivity contribution is 1.17. The van der Waals surface area contributed by atoms with Gasteiger partial charge in [-0.25, -0.2) is 0 Å². The van der Waals surface area contributed by atoms with Gasteiger partial charge in [-0.2, -0.15) is 0 Å². The predicted octanol–water partition coefficient (Wildman–Crippen LogP) is 4.84. The van der Waals surface area contributed by atoms with Crippen LogP contribution in [0, 0.1) is 0 Å². The summed E-state index contributed by atoms with van der Waals surface area (Å²) in [4.78, 5) is 1.13. The van der Waals surface area contributed by atoms with Crippen molar-refractivity contribution in [1.29, 1.82) is 0 Å². The third-order valence-electron chi connectivity index (χ3n) is 1.10. The largest absolute Gasteiger partial charge is 0.148 e. The zero-order chi connectivity index (χ0) is 10.6. The highest BCUT2D eigenvalue weighted by Crippen LogP contribution is 2.11. The Hall–Kier alpha value is -0.170. The normalized spacial score (nSPS) is 9.58. The second kappa shape index (κ2) is 17.1. The Labute approximate surface area is 84.2 Å². The summed E-state index contributed by atoms with van der Waals surface area (Å²) in [5.41, 5.74) is 1.18. The van der Waals surface area contributed by atoms with Gasteiger partial charge in [0.15, 0.2) is 0 Å². The number of rotatable bonds is 2. The van der Waals surface area contributed by atoms with Crippen molar-refractivity contribution in [3.8, 4) is 0 Å². The molecule has 0 heterocycles. The molecular weight excluding hydrogens is 164 g/mol. The van der Waals surface area contributed by atoms with Crippen LogP contribution < -0.4 is 0 Å². The summed E-state index contributed by atoms with van der Waals surface area (Å²) >= 11 is 4.21. The molecule has 0 amide bonds. The molecule has 0 aliphatic heterocycles. The van der Waals surface area contributed by atoms with Crippen molar-refractivity contribution >= 4 is 12.6 Å². The molecule has 0 N–H and O–H groups in total. The molecule has 0 aliphatic rings. The molecule has 0 saturated heterocycles. The molecule has 12 heavy (non-hydrogen) atoms. The first-order valence-corrected chi connectivity index (χ1v) is 5.18. The van der Waals surface area contributed by atoms with E-state index >= 15 is 0 Å². The minimum absolute atomic E-state index is 1.00. The smallest absolute Gasteiger partial charge is 0.0158 e. The first-order valence-electron chi connectivity index (χ1n) is 4.73. The van der Waals surface area contributed by atoms with Crippen LogP contribution in [0.2, 0.25) is 0 Å². The van der Waals surface area contributed by atoms with Gasteiger partial charge in [0.05, 0.1) is 0 Å². The van der Waals surface area contributed by atoms with E-state index in [-0.39, 0.29) is 0 Å². The third kappa shape index (κ3) is 12.5. The second-order valence-electron chi connectivity index (χ2n) is 1.69. The van der Waals surface area contributed by atoms with Crippen LogP contribution in [0.15, 0.2) is 23.1 Å². The topological polar surface area (TPSA) is 0 Å². The van der Waals surface area contributed by atoms with Crippen LogP contribution in [0.25, 0.3) is 0 Å². The molecule has 0 aromatic heterocycles. The van der Waals surface area contributed by atoms with Crippen molar-refractivity contribution < 1.29 is 0 Å². The van der Waals surface area contributed by atoms with E-state index in [4.69, 9.17) is 0 Å². The van der Waals surface area contributed by atoms with Gasteiger partial charge in [-0.15, -0.1) is 12.6 Å². The van der Waals surface area contributed by atoms with Crippen LogP contribution in [0.5, 0.6) is 0 Å². The van der Waals surface area contributed by atoms with Gasteiger partial charge in [0, 0.05) is 0 Å². The Kier molecular flexibility index (Phi) is 25.3. The van der Waals surface area contributed by atoms with Crippen molar-refractivity contribution in [3.63, 3.8) is 0 Å². The van der Waals surface area contributed by atoms with E-state index in [0.29, 0.717) is 0 Å². The first-order chi connectivity index (χ1) is 5.72. The zero-order valence-corrected chi connectivity index (χ0v) is 10.3. The fourth-order valence-corrected chi connectivity index (χ4v) is 0.488. The van der Waals surface area contributed by atoms with Crippen molar-refractivity contribution in [2.75, 3.05) is 0 Å². The predicted molar refractivity (Wildman–Crippen MR) is 64.9 cm³/mol. The maximum atomic E-state index is 4.21. The van der Waals surface area contributed by atoms with Gasteiger partial charge >= 0.3 is 0 Å². The molecule has 74 valence electrons. The maximum Gasteiger partial charge on any atom is -0.0158 e. The van der Waals surface area contributed by atoms with Crippen LogP contribution in [-0.2, 0) is 0 Å². The molecule has 0 atom stereocenters. The van der Waals surface area contributed by atoms with Crippen LogP contribution in [0.1, 0.15) is 48.0 Å². The summed E-state index contributed by atoms with van der Waals surface area (Å²) < 4.78 is 0. The van der Waals surface area contributed by atoms with Gasteiger partial charge in [0.25, 0.3) is 0 Å². The quantitative estimate of drug-likeness (QED) is 0.465. The highest BCUT2D eigenvalue weighted by molar-refractivity contribution is 7.84. The summed E-state index contributed by atoms with van der Waals surface area (Å²) in [5, 5.41) is 0. The number of hydrogen-bond donors (Lipinski definition) is 1. The van der Waals surface area contributed by atoms with E-state index in [9.17, 15) is 0 Å². The summed E-state index contributed by atoms with van der Waals surface area (Å²) in [5.74, 6) is 0. The molecule has 0 aliphatic carbocycles. The Morgan fingerprint density at radius 2 is 1.58 bits per heavy atom. The highest BCUT2D eigenvalue weighted by Gasteiger charge is 1.86. The molecular formula is C11H24S. The lowest BCUT2D eigenvalue weighted by Gasteiger charge is -1.95. The van der Waals surface area contributed by atoms with Gasteiger partial charge in [0.2, 0.25) is 0 Å². The van der Waals surface area contributed by atoms with E-state index in [1.807, 2.05) is 40.7 Å². The molecule has 0 aromatic carbocycles. The van der Waals surface area contributed by atoms with E-state index in [2.05, 4.69) is 26.1 Å². The zero-order valence-electron chi connectivity index (χ0n) is 9.44. The average molecular weight is 188 g/mol. The van der Waals surface area contributed by atoms with Gasteiger partial charge in [-0.3, -0.25) is 0 Å². The second-order valence-corrected chi connectivity index (χ2v) is 2.23. The monoisotopic (exact) mass is 188 g/mol. The highest BCUT2D eigenvalue weighted by atomic mass is 32.1. The molecule has 0 radical (unpaired) electrons. The molecule has 0 spiro atoms. The van der Waals surface area contributed by atoms with Gasteiger partial charge in [-0.1, -0.05) is 47.3 Å². The van der Waals surface area contributed by atoms with Crippen molar-refractivity contribution in [3.05, 3.63) is 23.1 Å². The Balaban J connectivity index is -0.000000175. The summed E-state index contributed by atoms with van der Waals surface area (Å²) in [6.07, 6.45) is 2.83. The molecule has 0 saturated carbocycles. The lowest BCUT2D eigenvalue weighted by Crippen LogP contribution is -1.72. The standard InChI is InChI=1S/C7H12S.2C2H6/c1-4-6(3)7(8)5-2;2*1-2/h4,8H,1,5H2,2-3H3;2*1-2H3/b7-6+;;. The van der Waals surface area contributed by atoms with E-state index in [0.717, 1.165) is 11.3 Å². The Morgan fingerprint density at radius 3 is 1.67 bits per heavy atom. The SMILES string of the molecule is C=C/C(C)=C(/S)CC.CC.CC. The van der Waals surface area contributed by atoms with Gasteiger partial charge < -0.3 is 0 Å². The van der Waals surface area contributed by atoms with E-state index in [1.165, 1.54) is 5.57 Å². The molecule has 0 bridgehead atoms. The van der Waals surface area contributed by atoms with Crippen molar-refractivity contribution in [2.24, 2.45) is 0 Å². The Morgan fingerprint density at radius 1 is 1.25 bits per heavy atom.